The van der Waals surface area contributed by atoms with Crippen LogP contribution in [0.15, 0.2) is 94.7 Å². The molecule has 0 unspecified atom stereocenters. The second-order valence-electron chi connectivity index (χ2n) is 9.34. The maximum atomic E-state index is 14.3. The van der Waals surface area contributed by atoms with E-state index in [4.69, 9.17) is 19.2 Å². The molecule has 220 valence electrons. The first kappa shape index (κ1) is 31.2. The number of thiazole rings is 1. The first-order chi connectivity index (χ1) is 20.9. The van der Waals surface area contributed by atoms with E-state index in [0.717, 1.165) is 23.8 Å². The molecule has 1 aromatic heterocycles. The molecule has 1 aliphatic heterocycles. The lowest BCUT2D eigenvalue weighted by atomic mass is 9.93. The minimum absolute atomic E-state index is 0.184. The fourth-order valence-corrected chi connectivity index (χ4v) is 7.83. The van der Waals surface area contributed by atoms with Gasteiger partial charge < -0.3 is 14.2 Å². The predicted molar refractivity (Wildman–Crippen MR) is 186 cm³/mol. The number of carbonyl (C=O) groups excluding carboxylic acids is 1. The molecule has 3 aromatic carbocycles. The van der Waals surface area contributed by atoms with Crippen molar-refractivity contribution in [3.05, 3.63) is 128 Å². The van der Waals surface area contributed by atoms with Crippen molar-refractivity contribution < 1.29 is 19.0 Å². The van der Waals surface area contributed by atoms with Gasteiger partial charge in [0.05, 0.1) is 38.6 Å². The smallest absolute Gasteiger partial charge is 0.338 e. The molecule has 5 rings (SSSR count). The fraction of sp³-hybridized carbons (Fsp3) is 0.182. The third kappa shape index (κ3) is 6.65. The van der Waals surface area contributed by atoms with Crippen LogP contribution in [0.3, 0.4) is 0 Å². The molecule has 0 bridgehead atoms. The molecule has 0 saturated heterocycles. The highest BCUT2D eigenvalue weighted by molar-refractivity contribution is 14.1. The number of benzene rings is 3. The number of esters is 1. The van der Waals surface area contributed by atoms with E-state index in [-0.39, 0.29) is 12.2 Å². The molecule has 0 N–H and O–H groups in total. The standard InChI is InChI=1S/C33H28I2N2O5S/c1-4-16-42-30-22(17-23(34)19-25(30)35)18-26-31(38)37-29(21-12-14-24(15-13-21)40-5-2)27(32(39)41-6-3)28(36-33(37)43-26)20-10-8-7-9-11-20/h4,7-15,17-19,29H,1,5-6,16H2,2-3H3/b26-18-/t29-/m1/s1. The summed E-state index contributed by atoms with van der Waals surface area (Å²) in [4.78, 5) is 33.3. The molecular weight excluding hydrogens is 790 g/mol. The first-order valence-electron chi connectivity index (χ1n) is 13.6. The number of fused-ring (bicyclic) bond motifs is 1. The highest BCUT2D eigenvalue weighted by atomic mass is 127. The topological polar surface area (TPSA) is 79.1 Å². The van der Waals surface area contributed by atoms with Gasteiger partial charge in [-0.1, -0.05) is 66.5 Å². The number of hydrogen-bond donors (Lipinski definition) is 0. The third-order valence-electron chi connectivity index (χ3n) is 6.55. The minimum atomic E-state index is -0.768. The summed E-state index contributed by atoms with van der Waals surface area (Å²) in [5, 5.41) is 0. The lowest BCUT2D eigenvalue weighted by Crippen LogP contribution is -2.40. The molecule has 10 heteroatoms. The largest absolute Gasteiger partial charge is 0.494 e. The maximum Gasteiger partial charge on any atom is 0.338 e. The summed E-state index contributed by atoms with van der Waals surface area (Å²) in [7, 11) is 0. The predicted octanol–water partition coefficient (Wildman–Crippen LogP) is 6.11. The Balaban J connectivity index is 1.80. The van der Waals surface area contributed by atoms with Crippen LogP contribution in [-0.4, -0.2) is 30.4 Å². The van der Waals surface area contributed by atoms with Crippen molar-refractivity contribution in [1.82, 2.24) is 4.57 Å². The van der Waals surface area contributed by atoms with Crippen LogP contribution < -0.4 is 24.4 Å². The lowest BCUT2D eigenvalue weighted by Gasteiger charge is -2.26. The van der Waals surface area contributed by atoms with E-state index in [1.165, 1.54) is 11.3 Å². The van der Waals surface area contributed by atoms with Gasteiger partial charge in [0.15, 0.2) is 4.80 Å². The van der Waals surface area contributed by atoms with Crippen LogP contribution >= 0.6 is 56.5 Å². The van der Waals surface area contributed by atoms with Gasteiger partial charge in [0.1, 0.15) is 18.1 Å². The van der Waals surface area contributed by atoms with Crippen molar-refractivity contribution in [2.24, 2.45) is 4.99 Å². The number of carbonyl (C=O) groups is 1. The zero-order chi connectivity index (χ0) is 30.5. The fourth-order valence-electron chi connectivity index (χ4n) is 4.79. The molecule has 1 aliphatic rings. The van der Waals surface area contributed by atoms with E-state index >= 15 is 0 Å². The Bertz CT molecular complexity index is 1880. The molecule has 0 radical (unpaired) electrons. The Morgan fingerprint density at radius 3 is 2.47 bits per heavy atom. The van der Waals surface area contributed by atoms with Gasteiger partial charge in [0, 0.05) is 14.7 Å². The molecule has 1 atom stereocenters. The maximum absolute atomic E-state index is 14.3. The van der Waals surface area contributed by atoms with Crippen molar-refractivity contribution in [1.29, 1.82) is 0 Å². The Morgan fingerprint density at radius 2 is 1.79 bits per heavy atom. The van der Waals surface area contributed by atoms with Crippen molar-refractivity contribution >= 4 is 74.3 Å². The van der Waals surface area contributed by atoms with Crippen molar-refractivity contribution in [2.75, 3.05) is 19.8 Å². The second-order valence-corrected chi connectivity index (χ2v) is 12.8. The summed E-state index contributed by atoms with van der Waals surface area (Å²) in [5.41, 5.74) is 2.78. The summed E-state index contributed by atoms with van der Waals surface area (Å²) >= 11 is 5.76. The molecule has 0 aliphatic carbocycles. The molecule has 4 aromatic rings. The van der Waals surface area contributed by atoms with Crippen LogP contribution in [0, 0.1) is 7.14 Å². The summed E-state index contributed by atoms with van der Waals surface area (Å²) in [6.07, 6.45) is 3.52. The molecule has 7 nitrogen and oxygen atoms in total. The average Bonchev–Trinajstić information content (AvgIpc) is 3.31. The summed E-state index contributed by atoms with van der Waals surface area (Å²) in [6, 6.07) is 20.2. The van der Waals surface area contributed by atoms with Crippen LogP contribution in [0.5, 0.6) is 11.5 Å². The molecule has 0 spiro atoms. The average molecular weight is 818 g/mol. The van der Waals surface area contributed by atoms with E-state index in [2.05, 4.69) is 51.8 Å². The summed E-state index contributed by atoms with van der Waals surface area (Å²) in [6.45, 7) is 8.48. The second kappa shape index (κ2) is 14.0. The van der Waals surface area contributed by atoms with Crippen molar-refractivity contribution in [3.63, 3.8) is 0 Å². The normalized spacial score (nSPS) is 14.6. The van der Waals surface area contributed by atoms with E-state index in [9.17, 15) is 9.59 Å². The minimum Gasteiger partial charge on any atom is -0.494 e. The van der Waals surface area contributed by atoms with Gasteiger partial charge in [-0.15, -0.1) is 0 Å². The Hall–Kier alpha value is -3.23. The quantitative estimate of drug-likeness (QED) is 0.110. The zero-order valence-corrected chi connectivity index (χ0v) is 28.6. The third-order valence-corrected chi connectivity index (χ3v) is 8.96. The Labute approximate surface area is 280 Å². The van der Waals surface area contributed by atoms with Crippen molar-refractivity contribution in [3.8, 4) is 11.5 Å². The van der Waals surface area contributed by atoms with Gasteiger partial charge in [0.25, 0.3) is 5.56 Å². The summed E-state index contributed by atoms with van der Waals surface area (Å²) in [5.74, 6) is 0.849. The van der Waals surface area contributed by atoms with E-state index in [1.54, 1.807) is 17.6 Å². The number of aromatic nitrogens is 1. The van der Waals surface area contributed by atoms with Gasteiger partial charge in [-0.25, -0.2) is 9.79 Å². The Morgan fingerprint density at radius 1 is 1.05 bits per heavy atom. The van der Waals surface area contributed by atoms with Gasteiger partial charge in [-0.05, 0) is 94.9 Å². The number of ether oxygens (including phenoxy) is 3. The van der Waals surface area contributed by atoms with Crippen LogP contribution in [0.25, 0.3) is 11.8 Å². The number of rotatable bonds is 10. The van der Waals surface area contributed by atoms with Crippen molar-refractivity contribution in [2.45, 2.75) is 19.9 Å². The molecule has 0 saturated carbocycles. The highest BCUT2D eigenvalue weighted by Gasteiger charge is 2.35. The van der Waals surface area contributed by atoms with E-state index < -0.39 is 12.0 Å². The monoisotopic (exact) mass is 818 g/mol. The Kier molecular flexibility index (Phi) is 10.2. The van der Waals surface area contributed by atoms with Gasteiger partial charge in [-0.2, -0.15) is 0 Å². The molecular formula is C33H28I2N2O5S. The zero-order valence-electron chi connectivity index (χ0n) is 23.5. The van der Waals surface area contributed by atoms with Crippen LogP contribution in [0.2, 0.25) is 0 Å². The summed E-state index contributed by atoms with van der Waals surface area (Å²) < 4.78 is 21.2. The number of nitrogens with zero attached hydrogens (tertiary/aromatic N) is 2. The number of halogens is 2. The lowest BCUT2D eigenvalue weighted by molar-refractivity contribution is -0.138. The van der Waals surface area contributed by atoms with E-state index in [1.807, 2.05) is 79.7 Å². The number of hydrogen-bond acceptors (Lipinski definition) is 7. The first-order valence-corrected chi connectivity index (χ1v) is 16.6. The molecule has 0 amide bonds. The SMILES string of the molecule is C=CCOc1c(I)cc(I)cc1/C=c1\sc2n(c1=O)[C@H](c1ccc(OCC)cc1)C(C(=O)OCC)=C(c1ccccc1)N=2. The van der Waals surface area contributed by atoms with Crippen LogP contribution in [-0.2, 0) is 9.53 Å². The molecule has 43 heavy (non-hydrogen) atoms. The van der Waals surface area contributed by atoms with Crippen LogP contribution in [0.1, 0.15) is 36.6 Å². The van der Waals surface area contributed by atoms with Gasteiger partial charge >= 0.3 is 5.97 Å². The van der Waals surface area contributed by atoms with Gasteiger partial charge in [-0.3, -0.25) is 9.36 Å². The molecule has 2 heterocycles. The van der Waals surface area contributed by atoms with E-state index in [0.29, 0.717) is 45.3 Å². The highest BCUT2D eigenvalue weighted by Crippen LogP contribution is 2.36. The van der Waals surface area contributed by atoms with Crippen LogP contribution in [0.4, 0.5) is 0 Å². The van der Waals surface area contributed by atoms with Gasteiger partial charge in [0.2, 0.25) is 0 Å². The molecule has 0 fully saturated rings.